The molecular formula is C23H21N3O4. The normalized spacial score (nSPS) is 31.8. The van der Waals surface area contributed by atoms with Crippen LogP contribution in [0.15, 0.2) is 48.5 Å². The maximum absolute atomic E-state index is 13.8. The van der Waals surface area contributed by atoms with Crippen molar-refractivity contribution < 1.29 is 19.1 Å². The molecule has 3 fully saturated rings. The molecule has 1 spiro atoms. The number of anilines is 2. The maximum Gasteiger partial charge on any atom is 0.250 e. The molecule has 4 aliphatic heterocycles. The van der Waals surface area contributed by atoms with Crippen molar-refractivity contribution in [1.82, 2.24) is 4.90 Å². The van der Waals surface area contributed by atoms with E-state index in [4.69, 9.17) is 4.74 Å². The smallest absolute Gasteiger partial charge is 0.250 e. The minimum absolute atomic E-state index is 0.112. The molecule has 0 aliphatic carbocycles. The number of hydrogen-bond donors (Lipinski definition) is 1. The fraction of sp³-hybridized carbons (Fsp3) is 0.348. The zero-order valence-corrected chi connectivity index (χ0v) is 16.5. The predicted molar refractivity (Wildman–Crippen MR) is 109 cm³/mol. The van der Waals surface area contributed by atoms with Crippen LogP contribution in [0.1, 0.15) is 18.4 Å². The number of imide groups is 1. The van der Waals surface area contributed by atoms with Crippen LogP contribution < -0.4 is 15.0 Å². The van der Waals surface area contributed by atoms with Crippen LogP contribution >= 0.6 is 0 Å². The molecule has 7 nitrogen and oxygen atoms in total. The summed E-state index contributed by atoms with van der Waals surface area (Å²) < 4.78 is 5.28. The summed E-state index contributed by atoms with van der Waals surface area (Å²) in [6.07, 6.45) is 1.72. The highest BCUT2D eigenvalue weighted by Gasteiger charge is 2.74. The van der Waals surface area contributed by atoms with Gasteiger partial charge in [0.25, 0.3) is 0 Å². The first-order chi connectivity index (χ1) is 14.6. The number of hydrogen-bond acceptors (Lipinski definition) is 5. The van der Waals surface area contributed by atoms with Crippen LogP contribution in [0, 0.1) is 11.8 Å². The third-order valence-corrected chi connectivity index (χ3v) is 7.21. The van der Waals surface area contributed by atoms with E-state index in [1.807, 2.05) is 24.3 Å². The number of amides is 3. The van der Waals surface area contributed by atoms with E-state index in [2.05, 4.69) is 10.2 Å². The molecule has 4 atom stereocenters. The predicted octanol–water partition coefficient (Wildman–Crippen LogP) is 2.13. The van der Waals surface area contributed by atoms with Gasteiger partial charge in [-0.05, 0) is 37.6 Å². The van der Waals surface area contributed by atoms with Gasteiger partial charge in [0.2, 0.25) is 17.7 Å². The van der Waals surface area contributed by atoms with Gasteiger partial charge in [0.05, 0.1) is 24.6 Å². The zero-order valence-electron chi connectivity index (χ0n) is 16.5. The Morgan fingerprint density at radius 1 is 1.07 bits per heavy atom. The van der Waals surface area contributed by atoms with Gasteiger partial charge in [-0.15, -0.1) is 0 Å². The molecule has 0 unspecified atom stereocenters. The summed E-state index contributed by atoms with van der Waals surface area (Å²) in [6.45, 7) is 0.707. The quantitative estimate of drug-likeness (QED) is 0.778. The van der Waals surface area contributed by atoms with Crippen LogP contribution in [0.25, 0.3) is 0 Å². The van der Waals surface area contributed by atoms with Crippen molar-refractivity contribution >= 4 is 29.1 Å². The number of nitrogens with zero attached hydrogens (tertiary/aromatic N) is 2. The Kier molecular flexibility index (Phi) is 3.48. The van der Waals surface area contributed by atoms with Gasteiger partial charge in [-0.2, -0.15) is 0 Å². The highest BCUT2D eigenvalue weighted by Crippen LogP contribution is 2.60. The number of para-hydroxylation sites is 1. The van der Waals surface area contributed by atoms with Crippen molar-refractivity contribution in [2.24, 2.45) is 11.8 Å². The fourth-order valence-corrected chi connectivity index (χ4v) is 6.16. The Hall–Kier alpha value is -3.19. The van der Waals surface area contributed by atoms with Crippen molar-refractivity contribution in [3.63, 3.8) is 0 Å². The third kappa shape index (κ3) is 1.91. The second-order valence-corrected chi connectivity index (χ2v) is 8.39. The first-order valence-electron chi connectivity index (χ1n) is 10.3. The highest BCUT2D eigenvalue weighted by molar-refractivity contribution is 6.25. The van der Waals surface area contributed by atoms with E-state index in [0.29, 0.717) is 18.0 Å². The van der Waals surface area contributed by atoms with Gasteiger partial charge in [-0.25, -0.2) is 4.90 Å². The molecule has 2 aromatic carbocycles. The summed E-state index contributed by atoms with van der Waals surface area (Å²) in [7, 11) is 1.55. The SMILES string of the molecule is COc1cccc(N2C(=O)[C@H]3[C@@H](C2=O)[C@]2(C(=O)Nc4ccccc42)N2CCC[C@@H]32)c1. The van der Waals surface area contributed by atoms with Gasteiger partial charge in [-0.3, -0.25) is 19.3 Å². The van der Waals surface area contributed by atoms with Crippen molar-refractivity contribution in [2.75, 3.05) is 23.9 Å². The summed E-state index contributed by atoms with van der Waals surface area (Å²) in [5.74, 6) is -1.40. The molecule has 30 heavy (non-hydrogen) atoms. The summed E-state index contributed by atoms with van der Waals surface area (Å²) in [5, 5.41) is 2.98. The minimum Gasteiger partial charge on any atom is -0.497 e. The molecule has 6 rings (SSSR count). The molecule has 4 heterocycles. The molecule has 152 valence electrons. The molecule has 3 saturated heterocycles. The molecular weight excluding hydrogens is 382 g/mol. The minimum atomic E-state index is -1.12. The Labute approximate surface area is 173 Å². The fourth-order valence-electron chi connectivity index (χ4n) is 6.16. The van der Waals surface area contributed by atoms with Gasteiger partial charge in [0.1, 0.15) is 11.3 Å². The highest BCUT2D eigenvalue weighted by atomic mass is 16.5. The lowest BCUT2D eigenvalue weighted by Crippen LogP contribution is -2.54. The average molecular weight is 403 g/mol. The third-order valence-electron chi connectivity index (χ3n) is 7.21. The summed E-state index contributed by atoms with van der Waals surface area (Å²) in [4.78, 5) is 44.3. The van der Waals surface area contributed by atoms with Crippen LogP contribution in [0.4, 0.5) is 11.4 Å². The number of fused-ring (bicyclic) bond motifs is 7. The molecule has 3 amide bonds. The second kappa shape index (κ2) is 5.92. The standard InChI is InChI=1S/C23H21N3O4/c1-30-14-7-4-6-13(12-14)26-20(27)18-17-10-5-11-25(17)23(19(18)21(26)28)15-8-2-3-9-16(15)24-22(23)29/h2-4,6-9,12,17-19H,5,10-11H2,1H3,(H,24,29)/t17-,18+,19-,23+/m0/s1. The Morgan fingerprint density at radius 3 is 2.73 bits per heavy atom. The molecule has 1 N–H and O–H groups in total. The average Bonchev–Trinajstić information content (AvgIpc) is 3.46. The number of benzene rings is 2. The number of carbonyl (C=O) groups excluding carboxylic acids is 3. The van der Waals surface area contributed by atoms with Crippen LogP contribution in [0.5, 0.6) is 5.75 Å². The van der Waals surface area contributed by atoms with Gasteiger partial charge in [0.15, 0.2) is 0 Å². The largest absolute Gasteiger partial charge is 0.497 e. The first kappa shape index (κ1) is 17.7. The first-order valence-corrected chi connectivity index (χ1v) is 10.3. The lowest BCUT2D eigenvalue weighted by Gasteiger charge is -2.36. The number of carbonyl (C=O) groups is 3. The van der Waals surface area contributed by atoms with Gasteiger partial charge in [0, 0.05) is 23.4 Å². The molecule has 0 radical (unpaired) electrons. The molecule has 2 aromatic rings. The van der Waals surface area contributed by atoms with E-state index in [0.717, 1.165) is 24.1 Å². The molecule has 0 bridgehead atoms. The van der Waals surface area contributed by atoms with E-state index >= 15 is 0 Å². The van der Waals surface area contributed by atoms with Gasteiger partial charge >= 0.3 is 0 Å². The summed E-state index contributed by atoms with van der Waals surface area (Å²) in [5.41, 5.74) is 0.907. The number of ether oxygens (including phenoxy) is 1. The Balaban J connectivity index is 1.54. The molecule has 0 aromatic heterocycles. The van der Waals surface area contributed by atoms with E-state index in [9.17, 15) is 14.4 Å². The number of nitrogens with one attached hydrogen (secondary N) is 1. The van der Waals surface area contributed by atoms with Crippen molar-refractivity contribution in [3.05, 3.63) is 54.1 Å². The van der Waals surface area contributed by atoms with Crippen molar-refractivity contribution in [1.29, 1.82) is 0 Å². The van der Waals surface area contributed by atoms with Crippen LogP contribution in [-0.2, 0) is 19.9 Å². The Morgan fingerprint density at radius 2 is 1.90 bits per heavy atom. The lowest BCUT2D eigenvalue weighted by atomic mass is 9.75. The van der Waals surface area contributed by atoms with Crippen LogP contribution in [-0.4, -0.2) is 42.3 Å². The second-order valence-electron chi connectivity index (χ2n) is 8.39. The van der Waals surface area contributed by atoms with E-state index in [-0.39, 0.29) is 23.8 Å². The van der Waals surface area contributed by atoms with Gasteiger partial charge in [-0.1, -0.05) is 24.3 Å². The molecule has 4 aliphatic rings. The Bertz CT molecular complexity index is 1120. The van der Waals surface area contributed by atoms with Gasteiger partial charge < -0.3 is 10.1 Å². The molecule has 0 saturated carbocycles. The van der Waals surface area contributed by atoms with Crippen LogP contribution in [0.2, 0.25) is 0 Å². The maximum atomic E-state index is 13.8. The van der Waals surface area contributed by atoms with Crippen molar-refractivity contribution in [2.45, 2.75) is 24.4 Å². The summed E-state index contributed by atoms with van der Waals surface area (Å²) >= 11 is 0. The number of methoxy groups -OCH3 is 1. The molecule has 7 heteroatoms. The summed E-state index contributed by atoms with van der Waals surface area (Å²) in [6, 6.07) is 14.4. The monoisotopic (exact) mass is 403 g/mol. The van der Waals surface area contributed by atoms with Crippen molar-refractivity contribution in [3.8, 4) is 5.75 Å². The topological polar surface area (TPSA) is 78.9 Å². The van der Waals surface area contributed by atoms with E-state index in [1.54, 1.807) is 31.4 Å². The zero-order chi connectivity index (χ0) is 20.6. The van der Waals surface area contributed by atoms with E-state index < -0.39 is 17.4 Å². The van der Waals surface area contributed by atoms with E-state index in [1.165, 1.54) is 4.90 Å². The number of rotatable bonds is 2. The lowest BCUT2D eigenvalue weighted by molar-refractivity contribution is -0.135. The van der Waals surface area contributed by atoms with Crippen LogP contribution in [0.3, 0.4) is 0 Å².